The van der Waals surface area contributed by atoms with Crippen LogP contribution in [-0.4, -0.2) is 24.5 Å². The Bertz CT molecular complexity index is 1170. The molecule has 3 aromatic carbocycles. The second kappa shape index (κ2) is 8.74. The molecular weight excluding hydrogens is 379 g/mol. The van der Waals surface area contributed by atoms with E-state index in [0.29, 0.717) is 24.2 Å². The summed E-state index contributed by atoms with van der Waals surface area (Å²) in [4.78, 5) is 17.6. The summed E-state index contributed by atoms with van der Waals surface area (Å²) in [6.45, 7) is 0.508. The van der Waals surface area contributed by atoms with Crippen LogP contribution < -0.4 is 10.1 Å². The maximum absolute atomic E-state index is 13.3. The number of hydrogen-bond acceptors (Lipinski definition) is 3. The van der Waals surface area contributed by atoms with Gasteiger partial charge < -0.3 is 10.1 Å². The zero-order chi connectivity index (χ0) is 20.9. The van der Waals surface area contributed by atoms with Gasteiger partial charge in [0.1, 0.15) is 11.6 Å². The lowest BCUT2D eigenvalue weighted by molar-refractivity contribution is 0.0955. The molecule has 1 heterocycles. The average Bonchev–Trinajstić information content (AvgIpc) is 2.79. The lowest BCUT2D eigenvalue weighted by Crippen LogP contribution is -2.26. The standard InChI is InChI=1S/C25H21FN2O2/c1-30-20-12-6-17(7-13-20)14-15-27-25(29)22-16-24(18-8-10-19(26)11-9-18)28-23-5-3-2-4-21(22)23/h2-13,16H,14-15H2,1H3,(H,27,29). The zero-order valence-corrected chi connectivity index (χ0v) is 16.6. The molecule has 0 aliphatic rings. The highest BCUT2D eigenvalue weighted by Gasteiger charge is 2.14. The van der Waals surface area contributed by atoms with E-state index in [9.17, 15) is 9.18 Å². The number of aromatic nitrogens is 1. The van der Waals surface area contributed by atoms with Crippen molar-refractivity contribution in [3.8, 4) is 17.0 Å². The van der Waals surface area contributed by atoms with Gasteiger partial charge in [0.05, 0.1) is 23.9 Å². The van der Waals surface area contributed by atoms with Crippen LogP contribution in [0.5, 0.6) is 5.75 Å². The quantitative estimate of drug-likeness (QED) is 0.494. The van der Waals surface area contributed by atoms with Crippen molar-refractivity contribution in [3.63, 3.8) is 0 Å². The molecule has 0 aliphatic carbocycles. The Labute approximate surface area is 174 Å². The van der Waals surface area contributed by atoms with Crippen molar-refractivity contribution in [2.24, 2.45) is 0 Å². The monoisotopic (exact) mass is 400 g/mol. The second-order valence-electron chi connectivity index (χ2n) is 6.93. The molecule has 1 amide bonds. The molecule has 0 spiro atoms. The highest BCUT2D eigenvalue weighted by atomic mass is 19.1. The molecule has 0 saturated heterocycles. The van der Waals surface area contributed by atoms with Crippen molar-refractivity contribution < 1.29 is 13.9 Å². The molecule has 1 N–H and O–H groups in total. The van der Waals surface area contributed by atoms with Crippen molar-refractivity contribution in [2.75, 3.05) is 13.7 Å². The van der Waals surface area contributed by atoms with Crippen LogP contribution in [0.4, 0.5) is 4.39 Å². The molecule has 150 valence electrons. The van der Waals surface area contributed by atoms with Gasteiger partial charge >= 0.3 is 0 Å². The molecule has 4 aromatic rings. The molecule has 0 fully saturated rings. The SMILES string of the molecule is COc1ccc(CCNC(=O)c2cc(-c3ccc(F)cc3)nc3ccccc23)cc1. The highest BCUT2D eigenvalue weighted by molar-refractivity contribution is 6.07. The minimum Gasteiger partial charge on any atom is -0.497 e. The Morgan fingerprint density at radius 2 is 1.73 bits per heavy atom. The Hall–Kier alpha value is -3.73. The van der Waals surface area contributed by atoms with E-state index in [1.54, 1.807) is 25.3 Å². The Morgan fingerprint density at radius 1 is 1.00 bits per heavy atom. The maximum Gasteiger partial charge on any atom is 0.252 e. The Kier molecular flexibility index (Phi) is 5.70. The van der Waals surface area contributed by atoms with Crippen LogP contribution in [0, 0.1) is 5.82 Å². The second-order valence-corrected chi connectivity index (χ2v) is 6.93. The summed E-state index contributed by atoms with van der Waals surface area (Å²) in [6, 6.07) is 23.2. The number of hydrogen-bond donors (Lipinski definition) is 1. The number of ether oxygens (including phenoxy) is 1. The number of fused-ring (bicyclic) bond motifs is 1. The van der Waals surface area contributed by atoms with Gasteiger partial charge in [-0.25, -0.2) is 9.37 Å². The van der Waals surface area contributed by atoms with E-state index in [4.69, 9.17) is 4.74 Å². The number of amides is 1. The molecule has 0 saturated carbocycles. The number of halogens is 1. The van der Waals surface area contributed by atoms with E-state index in [0.717, 1.165) is 27.8 Å². The first-order valence-corrected chi connectivity index (χ1v) is 9.71. The number of methoxy groups -OCH3 is 1. The molecule has 5 heteroatoms. The van der Waals surface area contributed by atoms with Crippen LogP contribution in [0.1, 0.15) is 15.9 Å². The van der Waals surface area contributed by atoms with Crippen molar-refractivity contribution in [1.82, 2.24) is 10.3 Å². The number of pyridine rings is 1. The lowest BCUT2D eigenvalue weighted by Gasteiger charge is -2.11. The van der Waals surface area contributed by atoms with Crippen molar-refractivity contribution in [1.29, 1.82) is 0 Å². The minimum atomic E-state index is -0.309. The molecule has 30 heavy (non-hydrogen) atoms. The van der Waals surface area contributed by atoms with Crippen LogP contribution >= 0.6 is 0 Å². The molecule has 0 bridgehead atoms. The van der Waals surface area contributed by atoms with E-state index in [1.807, 2.05) is 48.5 Å². The number of rotatable bonds is 6. The third-order valence-corrected chi connectivity index (χ3v) is 4.96. The minimum absolute atomic E-state index is 0.162. The van der Waals surface area contributed by atoms with E-state index in [2.05, 4.69) is 10.3 Å². The number of benzene rings is 3. The molecule has 0 radical (unpaired) electrons. The molecular formula is C25H21FN2O2. The Morgan fingerprint density at radius 3 is 2.47 bits per heavy atom. The summed E-state index contributed by atoms with van der Waals surface area (Å²) in [5.74, 6) is 0.334. The third-order valence-electron chi connectivity index (χ3n) is 4.96. The largest absolute Gasteiger partial charge is 0.497 e. The van der Waals surface area contributed by atoms with Gasteiger partial charge in [0, 0.05) is 17.5 Å². The fourth-order valence-electron chi connectivity index (χ4n) is 3.34. The average molecular weight is 400 g/mol. The van der Waals surface area contributed by atoms with Crippen LogP contribution in [-0.2, 0) is 6.42 Å². The van der Waals surface area contributed by atoms with Gasteiger partial charge in [-0.1, -0.05) is 30.3 Å². The van der Waals surface area contributed by atoms with Crippen LogP contribution in [0.15, 0.2) is 78.9 Å². The van der Waals surface area contributed by atoms with Crippen LogP contribution in [0.2, 0.25) is 0 Å². The van der Waals surface area contributed by atoms with Gasteiger partial charge in [0.2, 0.25) is 0 Å². The fourth-order valence-corrected chi connectivity index (χ4v) is 3.34. The lowest BCUT2D eigenvalue weighted by atomic mass is 10.0. The first-order chi connectivity index (χ1) is 14.6. The first kappa shape index (κ1) is 19.6. The molecule has 1 aromatic heterocycles. The summed E-state index contributed by atoms with van der Waals surface area (Å²) in [5, 5.41) is 3.78. The molecule has 0 aliphatic heterocycles. The number of carbonyl (C=O) groups is 1. The number of nitrogens with zero attached hydrogens (tertiary/aromatic N) is 1. The zero-order valence-electron chi connectivity index (χ0n) is 16.6. The number of carbonyl (C=O) groups excluding carboxylic acids is 1. The Balaban J connectivity index is 1.56. The number of para-hydroxylation sites is 1. The van der Waals surface area contributed by atoms with Crippen molar-refractivity contribution in [3.05, 3.63) is 95.8 Å². The first-order valence-electron chi connectivity index (χ1n) is 9.71. The van der Waals surface area contributed by atoms with Gasteiger partial charge in [-0.2, -0.15) is 0 Å². The van der Waals surface area contributed by atoms with Crippen LogP contribution in [0.25, 0.3) is 22.2 Å². The van der Waals surface area contributed by atoms with Gasteiger partial charge in [-0.05, 0) is 60.5 Å². The van der Waals surface area contributed by atoms with Gasteiger partial charge in [-0.15, -0.1) is 0 Å². The topological polar surface area (TPSA) is 51.2 Å². The predicted molar refractivity (Wildman–Crippen MR) is 116 cm³/mol. The third kappa shape index (κ3) is 4.30. The van der Waals surface area contributed by atoms with E-state index >= 15 is 0 Å². The van der Waals surface area contributed by atoms with E-state index in [-0.39, 0.29) is 11.7 Å². The van der Waals surface area contributed by atoms with Gasteiger partial charge in [0.25, 0.3) is 5.91 Å². The highest BCUT2D eigenvalue weighted by Crippen LogP contribution is 2.25. The maximum atomic E-state index is 13.3. The normalized spacial score (nSPS) is 10.7. The van der Waals surface area contributed by atoms with E-state index in [1.165, 1.54) is 12.1 Å². The fraction of sp³-hybridized carbons (Fsp3) is 0.120. The summed E-state index contributed by atoms with van der Waals surface area (Å²) in [7, 11) is 1.63. The molecule has 0 atom stereocenters. The van der Waals surface area contributed by atoms with Crippen LogP contribution in [0.3, 0.4) is 0 Å². The smallest absolute Gasteiger partial charge is 0.252 e. The predicted octanol–water partition coefficient (Wildman–Crippen LogP) is 5.02. The van der Waals surface area contributed by atoms with E-state index < -0.39 is 0 Å². The van der Waals surface area contributed by atoms with Crippen molar-refractivity contribution in [2.45, 2.75) is 6.42 Å². The van der Waals surface area contributed by atoms with Gasteiger partial charge in [0.15, 0.2) is 0 Å². The summed E-state index contributed by atoms with van der Waals surface area (Å²) >= 11 is 0. The molecule has 0 unspecified atom stereocenters. The molecule has 4 nitrogen and oxygen atoms in total. The molecule has 4 rings (SSSR count). The van der Waals surface area contributed by atoms with Gasteiger partial charge in [-0.3, -0.25) is 4.79 Å². The van der Waals surface area contributed by atoms with Crippen molar-refractivity contribution >= 4 is 16.8 Å². The summed E-state index contributed by atoms with van der Waals surface area (Å²) in [5.41, 5.74) is 3.78. The summed E-state index contributed by atoms with van der Waals surface area (Å²) < 4.78 is 18.5. The number of nitrogens with one attached hydrogen (secondary N) is 1. The summed E-state index contributed by atoms with van der Waals surface area (Å²) in [6.07, 6.45) is 0.712.